The number of anilines is 2. The van der Waals surface area contributed by atoms with Crippen LogP contribution in [0.5, 0.6) is 0 Å². The molecule has 1 amide bonds. The summed E-state index contributed by atoms with van der Waals surface area (Å²) in [5, 5.41) is 6.32. The molecule has 28 heavy (non-hydrogen) atoms. The van der Waals surface area contributed by atoms with Crippen molar-refractivity contribution in [1.29, 1.82) is 0 Å². The molecule has 0 spiro atoms. The predicted octanol–water partition coefficient (Wildman–Crippen LogP) is 1.40. The van der Waals surface area contributed by atoms with Gasteiger partial charge in [0.2, 0.25) is 5.91 Å². The van der Waals surface area contributed by atoms with Crippen LogP contribution in [-0.4, -0.2) is 53.5 Å². The number of hydrogen-bond acceptors (Lipinski definition) is 6. The molecule has 8 nitrogen and oxygen atoms in total. The molecule has 0 radical (unpaired) electrons. The fourth-order valence-electron chi connectivity index (χ4n) is 3.29. The lowest BCUT2D eigenvalue weighted by Gasteiger charge is -2.33. The molecule has 0 unspecified atom stereocenters. The van der Waals surface area contributed by atoms with Crippen molar-refractivity contribution < 1.29 is 4.79 Å². The SMILES string of the molecule is CNc1cc(-c2c[nH]c(=O)c(N[C@@H]3CCCN(C(=O)C=CCN)C3)c2)ccn1. The highest BCUT2D eigenvalue weighted by Crippen LogP contribution is 2.22. The number of aromatic amines is 1. The number of likely N-dealkylation sites (tertiary alicyclic amines) is 1. The molecule has 0 saturated carbocycles. The molecular weight excluding hydrogens is 356 g/mol. The monoisotopic (exact) mass is 382 g/mol. The van der Waals surface area contributed by atoms with Gasteiger partial charge >= 0.3 is 0 Å². The molecular formula is C20H26N6O2. The first kappa shape index (κ1) is 19.6. The maximum Gasteiger partial charge on any atom is 0.271 e. The number of piperidine rings is 1. The van der Waals surface area contributed by atoms with Crippen LogP contribution in [-0.2, 0) is 4.79 Å². The predicted molar refractivity (Wildman–Crippen MR) is 111 cm³/mol. The molecule has 5 N–H and O–H groups in total. The number of aromatic nitrogens is 2. The van der Waals surface area contributed by atoms with E-state index in [1.54, 1.807) is 23.4 Å². The molecule has 1 aliphatic heterocycles. The van der Waals surface area contributed by atoms with Gasteiger partial charge < -0.3 is 26.3 Å². The van der Waals surface area contributed by atoms with E-state index in [2.05, 4.69) is 20.6 Å². The standard InChI is InChI=1S/C20H26N6O2/c1-22-18-11-14(6-8-23-18)15-10-17(20(28)24-12-15)25-16-4-3-9-26(13-16)19(27)5-2-7-21/h2,5-6,8,10-12,16,25H,3-4,7,9,13,21H2,1H3,(H,22,23)(H,24,28)/t16-/m1/s1. The maximum absolute atomic E-state index is 12.3. The Hall–Kier alpha value is -3.13. The lowest BCUT2D eigenvalue weighted by molar-refractivity contribution is -0.127. The number of amides is 1. The average molecular weight is 382 g/mol. The van der Waals surface area contributed by atoms with Gasteiger partial charge in [-0.15, -0.1) is 0 Å². The molecule has 1 atom stereocenters. The third kappa shape index (κ3) is 4.77. The number of rotatable bonds is 6. The van der Waals surface area contributed by atoms with E-state index in [0.29, 0.717) is 25.3 Å². The number of nitrogens with two attached hydrogens (primary N) is 1. The van der Waals surface area contributed by atoms with Crippen molar-refractivity contribution in [2.75, 3.05) is 37.3 Å². The number of carbonyl (C=O) groups is 1. The number of nitrogens with zero attached hydrogens (tertiary/aromatic N) is 2. The van der Waals surface area contributed by atoms with Crippen molar-refractivity contribution >= 4 is 17.4 Å². The van der Waals surface area contributed by atoms with Gasteiger partial charge in [0.05, 0.1) is 0 Å². The minimum atomic E-state index is -0.182. The van der Waals surface area contributed by atoms with E-state index in [1.807, 2.05) is 25.2 Å². The Balaban J connectivity index is 1.75. The first-order valence-electron chi connectivity index (χ1n) is 9.39. The van der Waals surface area contributed by atoms with E-state index in [0.717, 1.165) is 29.8 Å². The topological polar surface area (TPSA) is 116 Å². The molecule has 1 saturated heterocycles. The van der Waals surface area contributed by atoms with Gasteiger partial charge in [0, 0.05) is 56.8 Å². The smallest absolute Gasteiger partial charge is 0.271 e. The first-order valence-corrected chi connectivity index (χ1v) is 9.39. The highest BCUT2D eigenvalue weighted by Gasteiger charge is 2.23. The summed E-state index contributed by atoms with van der Waals surface area (Å²) in [5.74, 6) is 0.709. The number of pyridine rings is 2. The zero-order valence-corrected chi connectivity index (χ0v) is 15.9. The molecule has 2 aromatic rings. The van der Waals surface area contributed by atoms with E-state index in [4.69, 9.17) is 5.73 Å². The summed E-state index contributed by atoms with van der Waals surface area (Å²) >= 11 is 0. The summed E-state index contributed by atoms with van der Waals surface area (Å²) in [7, 11) is 1.81. The first-order chi connectivity index (χ1) is 13.6. The van der Waals surface area contributed by atoms with Crippen molar-refractivity contribution in [2.24, 2.45) is 5.73 Å². The average Bonchev–Trinajstić information content (AvgIpc) is 2.73. The maximum atomic E-state index is 12.3. The van der Waals surface area contributed by atoms with Gasteiger partial charge in [0.15, 0.2) is 0 Å². The Labute approximate surface area is 163 Å². The fourth-order valence-corrected chi connectivity index (χ4v) is 3.29. The number of H-pyrrole nitrogens is 1. The third-order valence-corrected chi connectivity index (χ3v) is 4.74. The third-order valence-electron chi connectivity index (χ3n) is 4.74. The molecule has 1 fully saturated rings. The van der Waals surface area contributed by atoms with Crippen molar-refractivity contribution in [2.45, 2.75) is 18.9 Å². The van der Waals surface area contributed by atoms with Crippen LogP contribution in [0.1, 0.15) is 12.8 Å². The van der Waals surface area contributed by atoms with Crippen molar-refractivity contribution in [3.8, 4) is 11.1 Å². The molecule has 0 aromatic carbocycles. The summed E-state index contributed by atoms with van der Waals surface area (Å²) < 4.78 is 0. The van der Waals surface area contributed by atoms with Gasteiger partial charge in [-0.1, -0.05) is 6.08 Å². The van der Waals surface area contributed by atoms with E-state index in [-0.39, 0.29) is 17.5 Å². The van der Waals surface area contributed by atoms with Gasteiger partial charge in [-0.2, -0.15) is 0 Å². The molecule has 0 aliphatic carbocycles. The molecule has 3 heterocycles. The van der Waals surface area contributed by atoms with Gasteiger partial charge in [-0.25, -0.2) is 4.98 Å². The molecule has 0 bridgehead atoms. The van der Waals surface area contributed by atoms with Gasteiger partial charge in [-0.05, 0) is 36.6 Å². The summed E-state index contributed by atoms with van der Waals surface area (Å²) in [4.78, 5) is 33.3. The molecule has 3 rings (SSSR count). The Morgan fingerprint density at radius 2 is 2.29 bits per heavy atom. The molecule has 148 valence electrons. The Morgan fingerprint density at radius 1 is 1.43 bits per heavy atom. The minimum absolute atomic E-state index is 0.0191. The number of hydrogen-bond donors (Lipinski definition) is 4. The highest BCUT2D eigenvalue weighted by molar-refractivity contribution is 5.87. The lowest BCUT2D eigenvalue weighted by Crippen LogP contribution is -2.45. The van der Waals surface area contributed by atoms with Crippen LogP contribution in [0, 0.1) is 0 Å². The van der Waals surface area contributed by atoms with Crippen LogP contribution < -0.4 is 21.9 Å². The number of nitrogens with one attached hydrogen (secondary N) is 3. The fraction of sp³-hybridized carbons (Fsp3) is 0.350. The van der Waals surface area contributed by atoms with Crippen molar-refractivity contribution in [3.63, 3.8) is 0 Å². The second-order valence-electron chi connectivity index (χ2n) is 6.72. The molecule has 8 heteroatoms. The van der Waals surface area contributed by atoms with Gasteiger partial charge in [-0.3, -0.25) is 9.59 Å². The van der Waals surface area contributed by atoms with E-state index < -0.39 is 0 Å². The van der Waals surface area contributed by atoms with Crippen LogP contribution in [0.15, 0.2) is 47.5 Å². The minimum Gasteiger partial charge on any atom is -0.376 e. The summed E-state index contributed by atoms with van der Waals surface area (Å²) in [6.07, 6.45) is 8.36. The van der Waals surface area contributed by atoms with Crippen LogP contribution in [0.25, 0.3) is 11.1 Å². The zero-order chi connectivity index (χ0) is 19.9. The molecule has 2 aromatic heterocycles. The van der Waals surface area contributed by atoms with Crippen molar-refractivity contribution in [3.05, 3.63) is 53.1 Å². The summed E-state index contributed by atoms with van der Waals surface area (Å²) in [5.41, 5.74) is 7.57. The Bertz CT molecular complexity index is 908. The summed E-state index contributed by atoms with van der Waals surface area (Å²) in [6.45, 7) is 1.61. The van der Waals surface area contributed by atoms with Crippen LogP contribution in [0.4, 0.5) is 11.5 Å². The lowest BCUT2D eigenvalue weighted by atomic mass is 10.0. The van der Waals surface area contributed by atoms with E-state index in [1.165, 1.54) is 6.08 Å². The van der Waals surface area contributed by atoms with Crippen LogP contribution >= 0.6 is 0 Å². The van der Waals surface area contributed by atoms with Crippen molar-refractivity contribution in [1.82, 2.24) is 14.9 Å². The normalized spacial score (nSPS) is 16.9. The van der Waals surface area contributed by atoms with Gasteiger partial charge in [0.1, 0.15) is 11.5 Å². The van der Waals surface area contributed by atoms with E-state index in [9.17, 15) is 9.59 Å². The second-order valence-corrected chi connectivity index (χ2v) is 6.72. The zero-order valence-electron chi connectivity index (χ0n) is 15.9. The van der Waals surface area contributed by atoms with E-state index >= 15 is 0 Å². The number of carbonyl (C=O) groups excluding carboxylic acids is 1. The molecule has 1 aliphatic rings. The van der Waals surface area contributed by atoms with Crippen LogP contribution in [0.3, 0.4) is 0 Å². The van der Waals surface area contributed by atoms with Gasteiger partial charge in [0.25, 0.3) is 5.56 Å². The Kier molecular flexibility index (Phi) is 6.44. The quantitative estimate of drug-likeness (QED) is 0.561. The second kappa shape index (κ2) is 9.18. The van der Waals surface area contributed by atoms with Crippen LogP contribution in [0.2, 0.25) is 0 Å². The highest BCUT2D eigenvalue weighted by atomic mass is 16.2. The summed E-state index contributed by atoms with van der Waals surface area (Å²) in [6, 6.07) is 5.67. The Morgan fingerprint density at radius 3 is 3.07 bits per heavy atom. The largest absolute Gasteiger partial charge is 0.376 e.